The summed E-state index contributed by atoms with van der Waals surface area (Å²) in [5, 5.41) is 3.88. The van der Waals surface area contributed by atoms with E-state index < -0.39 is 0 Å². The van der Waals surface area contributed by atoms with Crippen molar-refractivity contribution in [3.05, 3.63) is 71.3 Å². The molecule has 5 heteroatoms. The molecule has 1 unspecified atom stereocenters. The van der Waals surface area contributed by atoms with Gasteiger partial charge in [-0.05, 0) is 63.2 Å². The van der Waals surface area contributed by atoms with Gasteiger partial charge in [0.1, 0.15) is 6.61 Å². The molecule has 2 aromatic carbocycles. The average Bonchev–Trinajstić information content (AvgIpc) is 3.66. The van der Waals surface area contributed by atoms with E-state index in [-0.39, 0.29) is 16.8 Å². The van der Waals surface area contributed by atoms with Crippen LogP contribution < -0.4 is 5.32 Å². The molecule has 2 saturated carbocycles. The Morgan fingerprint density at radius 1 is 1.06 bits per heavy atom. The van der Waals surface area contributed by atoms with E-state index in [1.165, 1.54) is 17.5 Å². The summed E-state index contributed by atoms with van der Waals surface area (Å²) in [7, 11) is 1.83. The number of methoxy groups -OCH3 is 1. The third-order valence-electron chi connectivity index (χ3n) is 8.85. The number of hydrogen-bond acceptors (Lipinski definition) is 5. The summed E-state index contributed by atoms with van der Waals surface area (Å²) >= 11 is 0. The van der Waals surface area contributed by atoms with Gasteiger partial charge in [-0.3, -0.25) is 4.79 Å². The monoisotopic (exact) mass is 490 g/mol. The standard InChI is InChI=1S/C31H42N2O3/c1-24-8-6-11-26(18-24)27-19-28(27)32-21-30(23-35-2)14-16-33(17-15-30)22-31(12-7-13-31)29(34)36-20-25-9-4-3-5-10-25/h3-6,8-11,18,27-28,32H,7,12-17,19-23H2,1-2H3/t27?,28-/m1/s1. The molecule has 5 nitrogen and oxygen atoms in total. The maximum absolute atomic E-state index is 13.1. The summed E-state index contributed by atoms with van der Waals surface area (Å²) in [5.41, 5.74) is 3.72. The highest BCUT2D eigenvalue weighted by atomic mass is 16.5. The SMILES string of the molecule is COCC1(CN[C@@H]2CC2c2cccc(C)c2)CCN(CC2(C(=O)OCc3ccccc3)CCC2)CC1. The Bertz CT molecular complexity index is 1010. The summed E-state index contributed by atoms with van der Waals surface area (Å²) < 4.78 is 11.5. The van der Waals surface area contributed by atoms with E-state index >= 15 is 0 Å². The van der Waals surface area contributed by atoms with E-state index in [1.807, 2.05) is 37.4 Å². The number of piperidine rings is 1. The topological polar surface area (TPSA) is 50.8 Å². The predicted molar refractivity (Wildman–Crippen MR) is 143 cm³/mol. The van der Waals surface area contributed by atoms with Crippen molar-refractivity contribution in [2.75, 3.05) is 39.9 Å². The van der Waals surface area contributed by atoms with Crippen molar-refractivity contribution in [2.24, 2.45) is 10.8 Å². The van der Waals surface area contributed by atoms with E-state index in [0.29, 0.717) is 18.6 Å². The fourth-order valence-corrected chi connectivity index (χ4v) is 6.24. The number of rotatable bonds is 11. The fraction of sp³-hybridized carbons (Fsp3) is 0.581. The number of nitrogens with one attached hydrogen (secondary N) is 1. The maximum atomic E-state index is 13.1. The first-order chi connectivity index (χ1) is 17.5. The highest BCUT2D eigenvalue weighted by molar-refractivity contribution is 5.78. The zero-order chi connectivity index (χ0) is 25.0. The van der Waals surface area contributed by atoms with Crippen molar-refractivity contribution < 1.29 is 14.3 Å². The van der Waals surface area contributed by atoms with Gasteiger partial charge in [-0.25, -0.2) is 0 Å². The molecule has 1 aliphatic heterocycles. The Morgan fingerprint density at radius 2 is 1.83 bits per heavy atom. The second-order valence-corrected chi connectivity index (χ2v) is 11.6. The molecule has 0 amide bonds. The van der Waals surface area contributed by atoms with Gasteiger partial charge in [-0.2, -0.15) is 0 Å². The first-order valence-electron chi connectivity index (χ1n) is 13.7. The molecule has 1 heterocycles. The van der Waals surface area contributed by atoms with Crippen LogP contribution >= 0.6 is 0 Å². The number of aryl methyl sites for hydroxylation is 1. The third-order valence-corrected chi connectivity index (χ3v) is 8.85. The molecule has 194 valence electrons. The largest absolute Gasteiger partial charge is 0.460 e. The number of ether oxygens (including phenoxy) is 2. The van der Waals surface area contributed by atoms with E-state index in [1.54, 1.807) is 0 Å². The van der Waals surface area contributed by atoms with E-state index in [0.717, 1.165) is 70.5 Å². The van der Waals surface area contributed by atoms with Crippen LogP contribution in [0.5, 0.6) is 0 Å². The predicted octanol–water partition coefficient (Wildman–Crippen LogP) is 5.08. The van der Waals surface area contributed by atoms with Gasteiger partial charge in [0.05, 0.1) is 12.0 Å². The number of likely N-dealkylation sites (tertiary alicyclic amines) is 1. The zero-order valence-electron chi connectivity index (χ0n) is 22.0. The van der Waals surface area contributed by atoms with Crippen molar-refractivity contribution in [1.29, 1.82) is 0 Å². The minimum absolute atomic E-state index is 0.0103. The maximum Gasteiger partial charge on any atom is 0.313 e. The highest BCUT2D eigenvalue weighted by Gasteiger charge is 2.48. The van der Waals surface area contributed by atoms with Crippen LogP contribution in [0.4, 0.5) is 0 Å². The molecule has 3 aliphatic rings. The minimum Gasteiger partial charge on any atom is -0.460 e. The van der Waals surface area contributed by atoms with Gasteiger partial charge < -0.3 is 19.7 Å². The summed E-state index contributed by atoms with van der Waals surface area (Å²) in [4.78, 5) is 15.6. The quantitative estimate of drug-likeness (QED) is 0.445. The van der Waals surface area contributed by atoms with Crippen LogP contribution in [0.1, 0.15) is 61.1 Å². The number of nitrogens with zero attached hydrogens (tertiary/aromatic N) is 1. The summed E-state index contributed by atoms with van der Waals surface area (Å²) in [6.45, 7) is 7.21. The normalized spacial score (nSPS) is 24.6. The minimum atomic E-state index is -0.316. The van der Waals surface area contributed by atoms with Crippen LogP contribution in [-0.2, 0) is 20.9 Å². The van der Waals surface area contributed by atoms with Crippen LogP contribution in [0.25, 0.3) is 0 Å². The average molecular weight is 491 g/mol. The molecule has 5 rings (SSSR count). The van der Waals surface area contributed by atoms with Gasteiger partial charge in [0.25, 0.3) is 0 Å². The first kappa shape index (κ1) is 25.4. The Hall–Kier alpha value is -2.21. The zero-order valence-corrected chi connectivity index (χ0v) is 22.0. The van der Waals surface area contributed by atoms with Crippen molar-refractivity contribution in [3.8, 4) is 0 Å². The Labute approximate surface area is 216 Å². The Kier molecular flexibility index (Phi) is 7.80. The molecule has 2 atom stereocenters. The van der Waals surface area contributed by atoms with Gasteiger partial charge in [-0.15, -0.1) is 0 Å². The molecule has 0 bridgehead atoms. The van der Waals surface area contributed by atoms with Crippen LogP contribution in [0.3, 0.4) is 0 Å². The molecular weight excluding hydrogens is 448 g/mol. The highest BCUT2D eigenvalue weighted by Crippen LogP contribution is 2.45. The van der Waals surface area contributed by atoms with Gasteiger partial charge >= 0.3 is 5.97 Å². The van der Waals surface area contributed by atoms with E-state index in [2.05, 4.69) is 41.4 Å². The lowest BCUT2D eigenvalue weighted by Crippen LogP contribution is -2.53. The van der Waals surface area contributed by atoms with Crippen molar-refractivity contribution in [1.82, 2.24) is 10.2 Å². The van der Waals surface area contributed by atoms with Gasteiger partial charge in [0, 0.05) is 37.6 Å². The second-order valence-electron chi connectivity index (χ2n) is 11.6. The fourth-order valence-electron chi connectivity index (χ4n) is 6.24. The molecule has 1 saturated heterocycles. The van der Waals surface area contributed by atoms with Crippen LogP contribution in [0, 0.1) is 17.8 Å². The van der Waals surface area contributed by atoms with Gasteiger partial charge in [0.2, 0.25) is 0 Å². The lowest BCUT2D eigenvalue weighted by Gasteiger charge is -2.47. The molecule has 0 spiro atoms. The van der Waals surface area contributed by atoms with E-state index in [4.69, 9.17) is 9.47 Å². The van der Waals surface area contributed by atoms with Crippen LogP contribution in [-0.4, -0.2) is 56.8 Å². The molecule has 2 aliphatic carbocycles. The second kappa shape index (κ2) is 11.0. The molecule has 2 aromatic rings. The Morgan fingerprint density at radius 3 is 2.50 bits per heavy atom. The smallest absolute Gasteiger partial charge is 0.313 e. The lowest BCUT2D eigenvalue weighted by molar-refractivity contribution is -0.165. The summed E-state index contributed by atoms with van der Waals surface area (Å²) in [6, 6.07) is 19.5. The molecule has 0 aromatic heterocycles. The number of hydrogen-bond donors (Lipinski definition) is 1. The molecule has 36 heavy (non-hydrogen) atoms. The third kappa shape index (κ3) is 5.85. The Balaban J connectivity index is 1.11. The van der Waals surface area contributed by atoms with Crippen molar-refractivity contribution >= 4 is 5.97 Å². The molecule has 0 radical (unpaired) electrons. The lowest BCUT2D eigenvalue weighted by atomic mass is 9.67. The molecular formula is C31H42N2O3. The van der Waals surface area contributed by atoms with Crippen molar-refractivity contribution in [2.45, 2.75) is 64.0 Å². The summed E-state index contributed by atoms with van der Waals surface area (Å²) in [5.74, 6) is 0.633. The first-order valence-corrected chi connectivity index (χ1v) is 13.7. The summed E-state index contributed by atoms with van der Waals surface area (Å²) in [6.07, 6.45) is 6.45. The van der Waals surface area contributed by atoms with Crippen molar-refractivity contribution in [3.63, 3.8) is 0 Å². The van der Waals surface area contributed by atoms with Gasteiger partial charge in [0.15, 0.2) is 0 Å². The van der Waals surface area contributed by atoms with E-state index in [9.17, 15) is 4.79 Å². The number of benzene rings is 2. The van der Waals surface area contributed by atoms with Crippen LogP contribution in [0.2, 0.25) is 0 Å². The number of esters is 1. The number of carbonyl (C=O) groups is 1. The molecule has 1 N–H and O–H groups in total. The van der Waals surface area contributed by atoms with Gasteiger partial charge in [-0.1, -0.05) is 66.6 Å². The molecule has 3 fully saturated rings. The number of carbonyl (C=O) groups excluding carboxylic acids is 1. The van der Waals surface area contributed by atoms with Crippen LogP contribution in [0.15, 0.2) is 54.6 Å².